The van der Waals surface area contributed by atoms with Crippen LogP contribution in [-0.4, -0.2) is 41.9 Å². The molecule has 2 aromatic heterocycles. The van der Waals surface area contributed by atoms with Crippen LogP contribution in [-0.2, 0) is 9.53 Å². The Hall–Kier alpha value is -2.16. The van der Waals surface area contributed by atoms with Crippen molar-refractivity contribution in [2.45, 2.75) is 11.6 Å². The van der Waals surface area contributed by atoms with E-state index < -0.39 is 0 Å². The summed E-state index contributed by atoms with van der Waals surface area (Å²) in [5.41, 5.74) is 3.92. The van der Waals surface area contributed by atoms with Crippen LogP contribution in [0.5, 0.6) is 0 Å². The number of benzene rings is 2. The Morgan fingerprint density at radius 1 is 1.32 bits per heavy atom. The van der Waals surface area contributed by atoms with E-state index in [1.807, 2.05) is 30.3 Å². The molecule has 2 aromatic carbocycles. The third-order valence-electron chi connectivity index (χ3n) is 4.42. The average Bonchev–Trinajstić information content (AvgIpc) is 3.10. The first kappa shape index (κ1) is 19.2. The molecule has 2 N–H and O–H groups in total. The number of imidazole rings is 1. The van der Waals surface area contributed by atoms with E-state index >= 15 is 0 Å². The van der Waals surface area contributed by atoms with Crippen LogP contribution in [0.4, 0.5) is 0 Å². The molecule has 0 radical (unpaired) electrons. The van der Waals surface area contributed by atoms with Gasteiger partial charge in [-0.15, -0.1) is 0 Å². The highest BCUT2D eigenvalue weighted by molar-refractivity contribution is 9.10. The number of para-hydroxylation sites is 2. The molecular formula is C20H20BrN4O2S+. The van der Waals surface area contributed by atoms with E-state index in [9.17, 15) is 4.79 Å². The maximum absolute atomic E-state index is 12.2. The molecule has 0 aliphatic rings. The zero-order chi connectivity index (χ0) is 19.5. The number of fused-ring (bicyclic) bond motifs is 5. The van der Waals surface area contributed by atoms with Gasteiger partial charge < -0.3 is 10.1 Å². The van der Waals surface area contributed by atoms with Crippen molar-refractivity contribution in [2.75, 3.05) is 26.0 Å². The molecule has 2 heterocycles. The number of methoxy groups -OCH3 is 1. The van der Waals surface area contributed by atoms with E-state index in [0.29, 0.717) is 18.9 Å². The van der Waals surface area contributed by atoms with Crippen molar-refractivity contribution >= 4 is 61.2 Å². The summed E-state index contributed by atoms with van der Waals surface area (Å²) in [7, 11) is 1.66. The largest absolute Gasteiger partial charge is 0.385 e. The number of aromatic amines is 1. The van der Waals surface area contributed by atoms with Gasteiger partial charge in [0.2, 0.25) is 11.6 Å². The smallest absolute Gasteiger partial charge is 0.304 e. The minimum absolute atomic E-state index is 0.00704. The molecule has 0 aliphatic carbocycles. The third-order valence-corrected chi connectivity index (χ3v) is 5.85. The van der Waals surface area contributed by atoms with Crippen LogP contribution in [0.1, 0.15) is 6.42 Å². The van der Waals surface area contributed by atoms with Crippen molar-refractivity contribution in [1.82, 2.24) is 15.3 Å². The van der Waals surface area contributed by atoms with Gasteiger partial charge in [-0.25, -0.2) is 0 Å². The van der Waals surface area contributed by atoms with Crippen LogP contribution in [0.25, 0.3) is 27.6 Å². The van der Waals surface area contributed by atoms with Crippen LogP contribution in [0.2, 0.25) is 0 Å². The molecule has 0 fully saturated rings. The van der Waals surface area contributed by atoms with E-state index in [2.05, 4.69) is 42.8 Å². The van der Waals surface area contributed by atoms with Gasteiger partial charge in [0.05, 0.1) is 11.1 Å². The SMILES string of the molecule is COCCCNC(=O)CSc1nc2ccc(Br)cc2c2[nH]c3ccccc3[n+]12. The molecule has 144 valence electrons. The Morgan fingerprint density at radius 3 is 3.04 bits per heavy atom. The number of ether oxygens (including phenoxy) is 1. The predicted octanol–water partition coefficient (Wildman–Crippen LogP) is 3.46. The maximum Gasteiger partial charge on any atom is 0.304 e. The van der Waals surface area contributed by atoms with Gasteiger partial charge >= 0.3 is 5.16 Å². The molecule has 4 rings (SSSR count). The number of thioether (sulfide) groups is 1. The number of hydrogen-bond donors (Lipinski definition) is 2. The van der Waals surface area contributed by atoms with E-state index in [1.54, 1.807) is 7.11 Å². The topological polar surface area (TPSA) is 71.1 Å². The quantitative estimate of drug-likeness (QED) is 0.192. The number of carbonyl (C=O) groups excluding carboxylic acids is 1. The highest BCUT2D eigenvalue weighted by Crippen LogP contribution is 2.25. The monoisotopic (exact) mass is 459 g/mol. The predicted molar refractivity (Wildman–Crippen MR) is 115 cm³/mol. The first-order valence-electron chi connectivity index (χ1n) is 8.97. The second kappa shape index (κ2) is 8.46. The van der Waals surface area contributed by atoms with Gasteiger partial charge in [-0.05, 0) is 48.5 Å². The number of halogens is 1. The standard InChI is InChI=1S/C20H19BrN4O2S/c1-27-10-4-9-22-18(26)12-28-20-24-15-8-7-13(21)11-14(15)19-23-16-5-2-3-6-17(16)25(19)20/h2-3,5-8,11H,4,9-10,12H2,1H3,(H,22,26)/p+1. The lowest BCUT2D eigenvalue weighted by Gasteiger charge is -2.04. The molecule has 0 saturated heterocycles. The fraction of sp³-hybridized carbons (Fsp3) is 0.250. The van der Waals surface area contributed by atoms with Crippen LogP contribution >= 0.6 is 27.7 Å². The number of H-pyrrole nitrogens is 1. The van der Waals surface area contributed by atoms with Gasteiger partial charge in [-0.2, -0.15) is 4.40 Å². The summed E-state index contributed by atoms with van der Waals surface area (Å²) in [5.74, 6) is 0.302. The summed E-state index contributed by atoms with van der Waals surface area (Å²) >= 11 is 4.98. The molecule has 1 amide bonds. The Labute approximate surface area is 174 Å². The van der Waals surface area contributed by atoms with E-state index in [4.69, 9.17) is 9.72 Å². The van der Waals surface area contributed by atoms with Crippen molar-refractivity contribution in [2.24, 2.45) is 0 Å². The van der Waals surface area contributed by atoms with Gasteiger partial charge in [0.25, 0.3) is 0 Å². The number of carbonyl (C=O) groups is 1. The number of rotatable bonds is 7. The Balaban J connectivity index is 1.70. The lowest BCUT2D eigenvalue weighted by molar-refractivity contribution is -0.530. The Bertz CT molecular complexity index is 1160. The van der Waals surface area contributed by atoms with Gasteiger partial charge in [0.15, 0.2) is 5.52 Å². The Kier molecular flexibility index (Phi) is 5.79. The van der Waals surface area contributed by atoms with Gasteiger partial charge in [-0.3, -0.25) is 9.78 Å². The molecular weight excluding hydrogens is 440 g/mol. The van der Waals surface area contributed by atoms with Crippen molar-refractivity contribution in [3.63, 3.8) is 0 Å². The van der Waals surface area contributed by atoms with Crippen LogP contribution in [0.15, 0.2) is 52.1 Å². The van der Waals surface area contributed by atoms with Crippen LogP contribution in [0.3, 0.4) is 0 Å². The fourth-order valence-corrected chi connectivity index (χ4v) is 4.34. The molecule has 0 saturated carbocycles. The number of nitrogens with one attached hydrogen (secondary N) is 2. The molecule has 0 aliphatic heterocycles. The lowest BCUT2D eigenvalue weighted by Crippen LogP contribution is -2.29. The summed E-state index contributed by atoms with van der Waals surface area (Å²) in [6, 6.07) is 14.1. The fourth-order valence-electron chi connectivity index (χ4n) is 3.14. The highest BCUT2D eigenvalue weighted by Gasteiger charge is 2.21. The first-order chi connectivity index (χ1) is 13.7. The second-order valence-corrected chi connectivity index (χ2v) is 8.23. The summed E-state index contributed by atoms with van der Waals surface area (Å²) in [6.07, 6.45) is 0.803. The van der Waals surface area contributed by atoms with Gasteiger partial charge in [0.1, 0.15) is 11.0 Å². The van der Waals surface area contributed by atoms with E-state index in [1.165, 1.54) is 11.8 Å². The highest BCUT2D eigenvalue weighted by atomic mass is 79.9. The molecule has 0 spiro atoms. The van der Waals surface area contributed by atoms with Crippen molar-refractivity contribution < 1.29 is 13.9 Å². The minimum atomic E-state index is -0.00704. The molecule has 4 aromatic rings. The summed E-state index contributed by atoms with van der Waals surface area (Å²) < 4.78 is 8.09. The zero-order valence-corrected chi connectivity index (χ0v) is 17.8. The first-order valence-corrected chi connectivity index (χ1v) is 10.8. The number of hydrogen-bond acceptors (Lipinski definition) is 4. The minimum Gasteiger partial charge on any atom is -0.385 e. The molecule has 0 unspecified atom stereocenters. The van der Waals surface area contributed by atoms with E-state index in [-0.39, 0.29) is 5.91 Å². The molecule has 28 heavy (non-hydrogen) atoms. The lowest BCUT2D eigenvalue weighted by atomic mass is 10.2. The van der Waals surface area contributed by atoms with Gasteiger partial charge in [-0.1, -0.05) is 33.0 Å². The molecule has 8 heteroatoms. The van der Waals surface area contributed by atoms with Crippen LogP contribution < -0.4 is 9.72 Å². The van der Waals surface area contributed by atoms with Gasteiger partial charge in [0, 0.05) is 24.7 Å². The molecule has 6 nitrogen and oxygen atoms in total. The van der Waals surface area contributed by atoms with Crippen LogP contribution in [0, 0.1) is 0 Å². The average molecular weight is 460 g/mol. The van der Waals surface area contributed by atoms with E-state index in [0.717, 1.165) is 43.6 Å². The summed E-state index contributed by atoms with van der Waals surface area (Å²) in [4.78, 5) is 20.5. The third kappa shape index (κ3) is 3.85. The van der Waals surface area contributed by atoms with Crippen molar-refractivity contribution in [1.29, 1.82) is 0 Å². The molecule has 0 atom stereocenters. The number of aromatic nitrogens is 3. The van der Waals surface area contributed by atoms with Crippen molar-refractivity contribution in [3.05, 3.63) is 46.9 Å². The molecule has 0 bridgehead atoms. The summed E-state index contributed by atoms with van der Waals surface area (Å²) in [6.45, 7) is 1.25. The zero-order valence-electron chi connectivity index (χ0n) is 15.4. The second-order valence-electron chi connectivity index (χ2n) is 6.37. The summed E-state index contributed by atoms with van der Waals surface area (Å²) in [5, 5.41) is 4.73. The van der Waals surface area contributed by atoms with Crippen molar-refractivity contribution in [3.8, 4) is 0 Å². The Morgan fingerprint density at radius 2 is 2.18 bits per heavy atom. The maximum atomic E-state index is 12.2. The number of nitrogens with zero attached hydrogens (tertiary/aromatic N) is 2. The number of amides is 1. The normalized spacial score (nSPS) is 11.5.